The Labute approximate surface area is 171 Å². The van der Waals surface area contributed by atoms with Crippen LogP contribution in [-0.4, -0.2) is 36.8 Å². The van der Waals surface area contributed by atoms with Crippen molar-refractivity contribution in [2.24, 2.45) is 7.05 Å². The fraction of sp³-hybridized carbons (Fsp3) is 0.350. The Morgan fingerprint density at radius 2 is 1.86 bits per heavy atom. The van der Waals surface area contributed by atoms with E-state index in [-0.39, 0.29) is 18.7 Å². The molecule has 0 radical (unpaired) electrons. The van der Waals surface area contributed by atoms with E-state index in [0.29, 0.717) is 22.0 Å². The normalized spacial score (nSPS) is 11.8. The first-order chi connectivity index (χ1) is 13.8. The molecule has 0 saturated heterocycles. The highest BCUT2D eigenvalue weighted by Crippen LogP contribution is 2.28. The number of nitrogens with zero attached hydrogens (tertiary/aromatic N) is 5. The Morgan fingerprint density at radius 3 is 2.55 bits per heavy atom. The number of ether oxygens (including phenoxy) is 1. The van der Waals surface area contributed by atoms with Crippen molar-refractivity contribution in [1.82, 2.24) is 23.1 Å². The number of methoxy groups -OCH3 is 1. The molecule has 0 fully saturated rings. The van der Waals surface area contributed by atoms with Crippen molar-refractivity contribution in [1.29, 1.82) is 0 Å². The predicted octanol–water partition coefficient (Wildman–Crippen LogP) is 2.36. The minimum Gasteiger partial charge on any atom is -0.383 e. The first-order valence-electron chi connectivity index (χ1n) is 9.23. The number of aryl methyl sites for hydroxylation is 2. The topological polar surface area (TPSA) is 75.5 Å². The summed E-state index contributed by atoms with van der Waals surface area (Å²) in [6, 6.07) is 5.68. The highest BCUT2D eigenvalue weighted by molar-refractivity contribution is 6.31. The summed E-state index contributed by atoms with van der Waals surface area (Å²) in [5, 5.41) is 0.650. The van der Waals surface area contributed by atoms with Crippen LogP contribution < -0.4 is 11.2 Å². The highest BCUT2D eigenvalue weighted by Gasteiger charge is 2.23. The van der Waals surface area contributed by atoms with Crippen LogP contribution in [0.2, 0.25) is 5.02 Å². The molecule has 3 heterocycles. The maximum Gasteiger partial charge on any atom is 0.332 e. The first kappa shape index (κ1) is 19.5. The zero-order valence-electron chi connectivity index (χ0n) is 17.0. The molecule has 0 unspecified atom stereocenters. The average molecular weight is 416 g/mol. The molecular weight excluding hydrogens is 394 g/mol. The number of halogens is 1. The highest BCUT2D eigenvalue weighted by atomic mass is 35.5. The van der Waals surface area contributed by atoms with Gasteiger partial charge in [-0.2, -0.15) is 4.98 Å². The van der Waals surface area contributed by atoms with E-state index >= 15 is 0 Å². The molecule has 0 N–H and O–H groups in total. The third-order valence-corrected chi connectivity index (χ3v) is 5.93. The van der Waals surface area contributed by atoms with Gasteiger partial charge in [0, 0.05) is 30.6 Å². The lowest BCUT2D eigenvalue weighted by molar-refractivity contribution is 0.184. The molecule has 4 aromatic rings. The van der Waals surface area contributed by atoms with Gasteiger partial charge in [0.05, 0.1) is 18.8 Å². The van der Waals surface area contributed by atoms with Crippen LogP contribution >= 0.6 is 11.6 Å². The molecule has 152 valence electrons. The van der Waals surface area contributed by atoms with Gasteiger partial charge >= 0.3 is 5.69 Å². The Balaban J connectivity index is 2.17. The van der Waals surface area contributed by atoms with Crippen molar-refractivity contribution < 1.29 is 4.74 Å². The quantitative estimate of drug-likeness (QED) is 0.512. The standard InChI is InChI=1S/C20H22ClN5O3/c1-11-14(21)7-6-8-15(11)25-12(2)13(3)26-16-17(22-19(25)26)23(4)20(28)24(18(16)27)9-10-29-5/h6-8H,9-10H2,1-5H3. The first-order valence-corrected chi connectivity index (χ1v) is 9.61. The Hall–Kier alpha value is -2.84. The molecule has 0 aliphatic rings. The largest absolute Gasteiger partial charge is 0.383 e. The van der Waals surface area contributed by atoms with Crippen LogP contribution in [0.3, 0.4) is 0 Å². The van der Waals surface area contributed by atoms with Gasteiger partial charge in [-0.05, 0) is 38.5 Å². The summed E-state index contributed by atoms with van der Waals surface area (Å²) in [6.07, 6.45) is 0. The molecular formula is C20H22ClN5O3. The van der Waals surface area contributed by atoms with Crippen LogP contribution in [0.4, 0.5) is 0 Å². The van der Waals surface area contributed by atoms with Crippen LogP contribution in [0, 0.1) is 20.8 Å². The van der Waals surface area contributed by atoms with Crippen molar-refractivity contribution in [3.05, 3.63) is 61.0 Å². The number of hydrogen-bond acceptors (Lipinski definition) is 4. The number of aromatic nitrogens is 5. The number of benzene rings is 1. The van der Waals surface area contributed by atoms with E-state index in [9.17, 15) is 9.59 Å². The molecule has 29 heavy (non-hydrogen) atoms. The smallest absolute Gasteiger partial charge is 0.332 e. The Morgan fingerprint density at radius 1 is 1.14 bits per heavy atom. The number of rotatable bonds is 4. The van der Waals surface area contributed by atoms with Gasteiger partial charge in [-0.25, -0.2) is 4.79 Å². The molecule has 1 aromatic carbocycles. The van der Waals surface area contributed by atoms with Crippen molar-refractivity contribution in [3.63, 3.8) is 0 Å². The molecule has 0 spiro atoms. The second-order valence-corrected chi connectivity index (χ2v) is 7.51. The second-order valence-electron chi connectivity index (χ2n) is 7.10. The summed E-state index contributed by atoms with van der Waals surface area (Å²) in [7, 11) is 3.16. The van der Waals surface area contributed by atoms with Crippen molar-refractivity contribution >= 4 is 28.5 Å². The van der Waals surface area contributed by atoms with Crippen LogP contribution in [0.5, 0.6) is 0 Å². The van der Waals surface area contributed by atoms with E-state index in [1.165, 1.54) is 16.2 Å². The third kappa shape index (κ3) is 2.67. The molecule has 0 atom stereocenters. The van der Waals surface area contributed by atoms with Crippen LogP contribution in [0.15, 0.2) is 27.8 Å². The van der Waals surface area contributed by atoms with Gasteiger partial charge in [0.15, 0.2) is 11.2 Å². The van der Waals surface area contributed by atoms with Crippen molar-refractivity contribution in [2.45, 2.75) is 27.3 Å². The molecule has 9 heteroatoms. The SMILES string of the molecule is COCCn1c(=O)c2c(nc3n(-c4cccc(Cl)c4C)c(C)c(C)n23)n(C)c1=O. The average Bonchev–Trinajstić information content (AvgIpc) is 3.19. The van der Waals surface area contributed by atoms with Gasteiger partial charge in [-0.15, -0.1) is 0 Å². The fourth-order valence-electron chi connectivity index (χ4n) is 3.76. The van der Waals surface area contributed by atoms with E-state index < -0.39 is 5.69 Å². The van der Waals surface area contributed by atoms with Gasteiger partial charge in [0.25, 0.3) is 5.56 Å². The van der Waals surface area contributed by atoms with Gasteiger partial charge in [0.1, 0.15) is 0 Å². The van der Waals surface area contributed by atoms with Gasteiger partial charge in [0.2, 0.25) is 5.78 Å². The minimum absolute atomic E-state index is 0.178. The summed E-state index contributed by atoms with van der Waals surface area (Å²) < 4.78 is 11.4. The van der Waals surface area contributed by atoms with Gasteiger partial charge in [-0.3, -0.25) is 22.9 Å². The monoisotopic (exact) mass is 415 g/mol. The van der Waals surface area contributed by atoms with Crippen LogP contribution in [0.25, 0.3) is 22.6 Å². The van der Waals surface area contributed by atoms with E-state index in [1.807, 2.05) is 47.9 Å². The number of imidazole rings is 2. The predicted molar refractivity (Wildman–Crippen MR) is 113 cm³/mol. The fourth-order valence-corrected chi connectivity index (χ4v) is 3.93. The molecule has 0 bridgehead atoms. The maximum absolute atomic E-state index is 13.2. The van der Waals surface area contributed by atoms with Crippen LogP contribution in [0.1, 0.15) is 17.0 Å². The van der Waals surface area contributed by atoms with Crippen LogP contribution in [-0.2, 0) is 18.3 Å². The molecule has 8 nitrogen and oxygen atoms in total. The van der Waals surface area contributed by atoms with E-state index in [0.717, 1.165) is 22.6 Å². The second kappa shape index (κ2) is 6.89. The van der Waals surface area contributed by atoms with Gasteiger partial charge in [-0.1, -0.05) is 17.7 Å². The molecule has 0 aliphatic carbocycles. The summed E-state index contributed by atoms with van der Waals surface area (Å²) in [5.74, 6) is 0.567. The summed E-state index contributed by atoms with van der Waals surface area (Å²) in [4.78, 5) is 30.6. The van der Waals surface area contributed by atoms with Gasteiger partial charge < -0.3 is 4.74 Å². The maximum atomic E-state index is 13.2. The number of hydrogen-bond donors (Lipinski definition) is 0. The summed E-state index contributed by atoms with van der Waals surface area (Å²) in [5.41, 5.74) is 3.53. The van der Waals surface area contributed by atoms with E-state index in [4.69, 9.17) is 16.3 Å². The molecule has 3 aromatic heterocycles. The molecule has 4 rings (SSSR count). The molecule has 0 aliphatic heterocycles. The van der Waals surface area contributed by atoms with E-state index in [1.54, 1.807) is 7.05 Å². The van der Waals surface area contributed by atoms with Crippen molar-refractivity contribution in [3.8, 4) is 5.69 Å². The number of fused-ring (bicyclic) bond motifs is 3. The third-order valence-electron chi connectivity index (χ3n) is 5.52. The van der Waals surface area contributed by atoms with E-state index in [2.05, 4.69) is 4.98 Å². The lowest BCUT2D eigenvalue weighted by Gasteiger charge is -2.11. The summed E-state index contributed by atoms with van der Waals surface area (Å²) >= 11 is 6.34. The summed E-state index contributed by atoms with van der Waals surface area (Å²) in [6.45, 7) is 6.30. The Bertz CT molecular complexity index is 1390. The zero-order chi connectivity index (χ0) is 21.0. The molecule has 0 amide bonds. The lowest BCUT2D eigenvalue weighted by Crippen LogP contribution is -2.40. The Kier molecular flexibility index (Phi) is 4.63. The zero-order valence-corrected chi connectivity index (χ0v) is 17.7. The molecule has 0 saturated carbocycles. The lowest BCUT2D eigenvalue weighted by atomic mass is 10.2. The van der Waals surface area contributed by atoms with Crippen molar-refractivity contribution in [2.75, 3.05) is 13.7 Å². The minimum atomic E-state index is -0.417.